The van der Waals surface area contributed by atoms with Crippen LogP contribution in [0.4, 0.5) is 0 Å². The molecule has 2 amide bonds. The van der Waals surface area contributed by atoms with Crippen LogP contribution in [0.1, 0.15) is 53.6 Å². The van der Waals surface area contributed by atoms with Gasteiger partial charge >= 0.3 is 5.97 Å². The standard InChI is InChI=1S/C26H31ClN2O4S/c1-33-26(32)21-11-7-20(8-12-21)18-34-25(29-17-15-23(29)30)24(31)28-16-5-3-2-4-6-19-9-13-22(27)14-10-19/h7-14,25H,2-6,15-18H2,1H3,(H,28,31). The van der Waals surface area contributed by atoms with Gasteiger partial charge in [0.05, 0.1) is 12.7 Å². The molecule has 8 heteroatoms. The number of hydrogen-bond acceptors (Lipinski definition) is 5. The van der Waals surface area contributed by atoms with Gasteiger partial charge in [-0.25, -0.2) is 4.79 Å². The summed E-state index contributed by atoms with van der Waals surface area (Å²) in [6.45, 7) is 1.21. The van der Waals surface area contributed by atoms with E-state index in [4.69, 9.17) is 16.3 Å². The lowest BCUT2D eigenvalue weighted by Gasteiger charge is -2.36. The average molecular weight is 503 g/mol. The van der Waals surface area contributed by atoms with Gasteiger partial charge in [-0.15, -0.1) is 11.8 Å². The fourth-order valence-corrected chi connectivity index (χ4v) is 4.98. The van der Waals surface area contributed by atoms with Gasteiger partial charge in [0, 0.05) is 30.3 Å². The lowest BCUT2D eigenvalue weighted by atomic mass is 10.1. The highest BCUT2D eigenvalue weighted by Gasteiger charge is 2.35. The number of carbonyl (C=O) groups is 3. The minimum absolute atomic E-state index is 0.0101. The van der Waals surface area contributed by atoms with Crippen molar-refractivity contribution in [2.24, 2.45) is 0 Å². The quantitative estimate of drug-likeness (QED) is 0.241. The zero-order chi connectivity index (χ0) is 24.3. The number of nitrogens with one attached hydrogen (secondary N) is 1. The number of β-lactam (4-membered cyclic amide) rings is 1. The van der Waals surface area contributed by atoms with Crippen molar-refractivity contribution in [3.8, 4) is 0 Å². The topological polar surface area (TPSA) is 75.7 Å². The molecule has 0 aliphatic carbocycles. The highest BCUT2D eigenvalue weighted by molar-refractivity contribution is 7.99. The van der Waals surface area contributed by atoms with Crippen molar-refractivity contribution >= 4 is 41.1 Å². The molecule has 6 nitrogen and oxygen atoms in total. The molecule has 1 N–H and O–H groups in total. The molecular formula is C26H31ClN2O4S. The van der Waals surface area contributed by atoms with Crippen LogP contribution in [0.2, 0.25) is 5.02 Å². The Morgan fingerprint density at radius 3 is 2.32 bits per heavy atom. The van der Waals surface area contributed by atoms with E-state index < -0.39 is 5.37 Å². The van der Waals surface area contributed by atoms with Gasteiger partial charge in [-0.1, -0.05) is 48.7 Å². The number of ether oxygens (including phenoxy) is 1. The van der Waals surface area contributed by atoms with Gasteiger partial charge in [0.2, 0.25) is 5.91 Å². The van der Waals surface area contributed by atoms with Gasteiger partial charge in [-0.2, -0.15) is 0 Å². The van der Waals surface area contributed by atoms with E-state index in [0.717, 1.165) is 42.7 Å². The van der Waals surface area contributed by atoms with Crippen LogP contribution in [0, 0.1) is 0 Å². The van der Waals surface area contributed by atoms with E-state index in [1.807, 2.05) is 24.3 Å². The molecule has 3 rings (SSSR count). The fourth-order valence-electron chi connectivity index (χ4n) is 3.68. The molecule has 182 valence electrons. The summed E-state index contributed by atoms with van der Waals surface area (Å²) in [5.74, 6) is 0.0717. The molecular weight excluding hydrogens is 472 g/mol. The first-order valence-electron chi connectivity index (χ1n) is 11.6. The Morgan fingerprint density at radius 2 is 1.71 bits per heavy atom. The minimum Gasteiger partial charge on any atom is -0.465 e. The summed E-state index contributed by atoms with van der Waals surface area (Å²) in [6.07, 6.45) is 5.67. The molecule has 0 radical (unpaired) electrons. The number of nitrogens with zero attached hydrogens (tertiary/aromatic N) is 1. The SMILES string of the molecule is COC(=O)c1ccc(CSC(C(=O)NCCCCCCc2ccc(Cl)cc2)N2CCC2=O)cc1. The highest BCUT2D eigenvalue weighted by atomic mass is 35.5. The molecule has 1 saturated heterocycles. The third-order valence-corrected chi connectivity index (χ3v) is 7.32. The summed E-state index contributed by atoms with van der Waals surface area (Å²) < 4.78 is 4.72. The van der Waals surface area contributed by atoms with Crippen LogP contribution in [-0.2, 0) is 26.5 Å². The lowest BCUT2D eigenvalue weighted by molar-refractivity contribution is -0.145. The second kappa shape index (κ2) is 13.4. The predicted octanol–water partition coefficient (Wildman–Crippen LogP) is 4.84. The van der Waals surface area contributed by atoms with Gasteiger partial charge in [-0.3, -0.25) is 9.59 Å². The maximum absolute atomic E-state index is 12.8. The number of methoxy groups -OCH3 is 1. The number of unbranched alkanes of at least 4 members (excludes halogenated alkanes) is 3. The zero-order valence-electron chi connectivity index (χ0n) is 19.4. The molecule has 0 bridgehead atoms. The Labute approximate surface area is 210 Å². The molecule has 1 aliphatic rings. The van der Waals surface area contributed by atoms with E-state index in [2.05, 4.69) is 17.4 Å². The molecule has 0 saturated carbocycles. The molecule has 1 fully saturated rings. The van der Waals surface area contributed by atoms with Crippen molar-refractivity contribution in [1.82, 2.24) is 10.2 Å². The Balaban J connectivity index is 1.39. The number of esters is 1. The van der Waals surface area contributed by atoms with Crippen LogP contribution in [-0.4, -0.2) is 48.3 Å². The Kier molecular flexibility index (Phi) is 10.3. The van der Waals surface area contributed by atoms with E-state index in [-0.39, 0.29) is 17.8 Å². The van der Waals surface area contributed by atoms with Gasteiger partial charge in [0.25, 0.3) is 5.91 Å². The lowest BCUT2D eigenvalue weighted by Crippen LogP contribution is -2.54. The second-order valence-electron chi connectivity index (χ2n) is 8.27. The number of likely N-dealkylation sites (tertiary alicyclic amines) is 1. The Bertz CT molecular complexity index is 966. The van der Waals surface area contributed by atoms with Crippen LogP contribution in [0.5, 0.6) is 0 Å². The summed E-state index contributed by atoms with van der Waals surface area (Å²) in [4.78, 5) is 38.0. The molecule has 1 unspecified atom stereocenters. The molecule has 0 spiro atoms. The molecule has 34 heavy (non-hydrogen) atoms. The number of amides is 2. The number of hydrogen-bond donors (Lipinski definition) is 1. The Hall–Kier alpha value is -2.51. The van der Waals surface area contributed by atoms with Crippen LogP contribution < -0.4 is 5.32 Å². The first-order chi connectivity index (χ1) is 16.5. The summed E-state index contributed by atoms with van der Waals surface area (Å²) in [5, 5.41) is 3.23. The summed E-state index contributed by atoms with van der Waals surface area (Å²) in [7, 11) is 1.35. The van der Waals surface area contributed by atoms with Gasteiger partial charge < -0.3 is 15.0 Å². The fraction of sp³-hybridized carbons (Fsp3) is 0.423. The normalized spacial score (nSPS) is 13.8. The minimum atomic E-state index is -0.536. The number of carbonyl (C=O) groups excluding carboxylic acids is 3. The highest BCUT2D eigenvalue weighted by Crippen LogP contribution is 2.26. The first kappa shape index (κ1) is 26.1. The smallest absolute Gasteiger partial charge is 0.337 e. The van der Waals surface area contributed by atoms with Crippen molar-refractivity contribution in [1.29, 1.82) is 0 Å². The third kappa shape index (κ3) is 7.77. The molecule has 1 atom stereocenters. The molecule has 1 aliphatic heterocycles. The van der Waals surface area contributed by atoms with Crippen LogP contribution >= 0.6 is 23.4 Å². The largest absolute Gasteiger partial charge is 0.465 e. The molecule has 2 aromatic rings. The maximum Gasteiger partial charge on any atom is 0.337 e. The number of aryl methyl sites for hydroxylation is 1. The Morgan fingerprint density at radius 1 is 1.03 bits per heavy atom. The maximum atomic E-state index is 12.8. The van der Waals surface area contributed by atoms with E-state index >= 15 is 0 Å². The second-order valence-corrected chi connectivity index (χ2v) is 9.78. The van der Waals surface area contributed by atoms with Gasteiger partial charge in [0.15, 0.2) is 5.37 Å². The van der Waals surface area contributed by atoms with Crippen LogP contribution in [0.3, 0.4) is 0 Å². The number of thioether (sulfide) groups is 1. The number of halogens is 1. The van der Waals surface area contributed by atoms with Crippen LogP contribution in [0.25, 0.3) is 0 Å². The molecule has 1 heterocycles. The summed E-state index contributed by atoms with van der Waals surface area (Å²) in [5.41, 5.74) is 2.75. The molecule has 2 aromatic carbocycles. The van der Waals surface area contributed by atoms with Gasteiger partial charge in [0.1, 0.15) is 0 Å². The van der Waals surface area contributed by atoms with Crippen molar-refractivity contribution in [2.45, 2.75) is 49.7 Å². The van der Waals surface area contributed by atoms with Crippen molar-refractivity contribution in [3.63, 3.8) is 0 Å². The monoisotopic (exact) mass is 502 g/mol. The summed E-state index contributed by atoms with van der Waals surface area (Å²) in [6, 6.07) is 15.1. The van der Waals surface area contributed by atoms with Crippen molar-refractivity contribution in [2.75, 3.05) is 20.2 Å². The van der Waals surface area contributed by atoms with E-state index in [1.165, 1.54) is 24.4 Å². The third-order valence-electron chi connectivity index (χ3n) is 5.78. The number of rotatable bonds is 13. The van der Waals surface area contributed by atoms with Crippen LogP contribution in [0.15, 0.2) is 48.5 Å². The van der Waals surface area contributed by atoms with Gasteiger partial charge in [-0.05, 0) is 54.7 Å². The van der Waals surface area contributed by atoms with E-state index in [9.17, 15) is 14.4 Å². The van der Waals surface area contributed by atoms with E-state index in [0.29, 0.717) is 30.8 Å². The first-order valence-corrected chi connectivity index (χ1v) is 13.0. The van der Waals surface area contributed by atoms with Crippen molar-refractivity contribution < 1.29 is 19.1 Å². The summed E-state index contributed by atoms with van der Waals surface area (Å²) >= 11 is 7.35. The zero-order valence-corrected chi connectivity index (χ0v) is 21.0. The van der Waals surface area contributed by atoms with E-state index in [1.54, 1.807) is 17.0 Å². The van der Waals surface area contributed by atoms with Crippen molar-refractivity contribution in [3.05, 3.63) is 70.2 Å². The molecule has 0 aromatic heterocycles. The predicted molar refractivity (Wildman–Crippen MR) is 136 cm³/mol. The number of benzene rings is 2. The average Bonchev–Trinajstić information content (AvgIpc) is 2.85.